The number of carbonyl (C=O) groups is 5. The van der Waals surface area contributed by atoms with Crippen LogP contribution in [-0.2, 0) is 30.4 Å². The molecule has 9 N–H and O–H groups in total. The number of H-pyrrole nitrogens is 1. The van der Waals surface area contributed by atoms with Crippen LogP contribution in [0.25, 0.3) is 10.9 Å². The zero-order valence-corrected chi connectivity index (χ0v) is 21.4. The number of fused-ring (bicyclic) bond motifs is 1. The molecule has 0 aliphatic heterocycles. The molecule has 208 valence electrons. The highest BCUT2D eigenvalue weighted by molar-refractivity contribution is 5.96. The molecule has 0 bridgehead atoms. The summed E-state index contributed by atoms with van der Waals surface area (Å²) >= 11 is 0. The first kappa shape index (κ1) is 30.3. The summed E-state index contributed by atoms with van der Waals surface area (Å²) in [6, 6.07) is 1.67. The van der Waals surface area contributed by atoms with E-state index in [0.717, 1.165) is 10.9 Å². The highest BCUT2D eigenvalue weighted by Gasteiger charge is 2.32. The van der Waals surface area contributed by atoms with Gasteiger partial charge in [0, 0.05) is 23.5 Å². The number of nitrogens with one attached hydrogen (secondary N) is 4. The third-order valence-corrected chi connectivity index (χ3v) is 5.89. The Morgan fingerprint density at radius 1 is 0.895 bits per heavy atom. The minimum absolute atomic E-state index is 0.0897. The summed E-state index contributed by atoms with van der Waals surface area (Å²) in [6.45, 7) is 4.87. The number of aromatic nitrogens is 1. The Hall–Kier alpha value is -3.97. The number of rotatable bonds is 14. The summed E-state index contributed by atoms with van der Waals surface area (Å²) in [5.74, 6) is -5.51. The largest absolute Gasteiger partial charge is 0.481 e. The Bertz CT molecular complexity index is 1160. The lowest BCUT2D eigenvalue weighted by Gasteiger charge is -2.26. The number of para-hydroxylation sites is 1. The van der Waals surface area contributed by atoms with Crippen molar-refractivity contribution in [2.45, 2.75) is 70.3 Å². The summed E-state index contributed by atoms with van der Waals surface area (Å²) < 4.78 is 0. The van der Waals surface area contributed by atoms with Gasteiger partial charge >= 0.3 is 11.9 Å². The smallest absolute Gasteiger partial charge is 0.326 e. The topological polar surface area (TPSA) is 224 Å². The van der Waals surface area contributed by atoms with Gasteiger partial charge in [0.2, 0.25) is 17.7 Å². The number of amides is 3. The molecule has 0 spiro atoms. The molecule has 1 aromatic heterocycles. The molecule has 2 rings (SSSR count). The van der Waals surface area contributed by atoms with Gasteiger partial charge in [-0.2, -0.15) is 0 Å². The van der Waals surface area contributed by atoms with E-state index in [1.807, 2.05) is 12.1 Å². The van der Waals surface area contributed by atoms with Crippen molar-refractivity contribution >= 4 is 40.6 Å². The van der Waals surface area contributed by atoms with E-state index in [4.69, 9.17) is 5.73 Å². The molecule has 0 aliphatic carbocycles. The number of carboxylic acid groups (broad SMARTS) is 2. The molecule has 13 nitrogen and oxygen atoms in total. The second kappa shape index (κ2) is 13.5. The summed E-state index contributed by atoms with van der Waals surface area (Å²) in [7, 11) is 0. The van der Waals surface area contributed by atoms with Crippen molar-refractivity contribution in [3.05, 3.63) is 36.0 Å². The molecular weight excluding hydrogens is 498 g/mol. The van der Waals surface area contributed by atoms with Crippen molar-refractivity contribution in [2.24, 2.45) is 11.7 Å². The van der Waals surface area contributed by atoms with Crippen molar-refractivity contribution in [2.75, 3.05) is 0 Å². The van der Waals surface area contributed by atoms with Gasteiger partial charge < -0.3 is 42.0 Å². The van der Waals surface area contributed by atoms with Crippen LogP contribution < -0.4 is 21.7 Å². The summed E-state index contributed by atoms with van der Waals surface area (Å²) in [5, 5.41) is 36.4. The molecular formula is C25H35N5O8. The number of benzene rings is 1. The number of carbonyl (C=O) groups excluding carboxylic acids is 3. The standard InChI is InChI=1S/C25H35N5O8/c1-12(2)8-17(29-24(36)21(26)13(3)31)22(34)28-18(10-20(32)33)23(35)30-19(25(37)38)9-14-11-27-16-7-5-4-6-15(14)16/h4-7,11-13,17-19,21,27,31H,8-10,26H2,1-3H3,(H,28,34)(H,29,36)(H,30,35)(H,32,33)(H,37,38). The normalized spacial score (nSPS) is 15.2. The van der Waals surface area contributed by atoms with Gasteiger partial charge in [-0.3, -0.25) is 19.2 Å². The van der Waals surface area contributed by atoms with E-state index in [-0.39, 0.29) is 18.8 Å². The van der Waals surface area contributed by atoms with Crippen LogP contribution in [0.1, 0.15) is 39.2 Å². The number of aromatic amines is 1. The van der Waals surface area contributed by atoms with Crippen molar-refractivity contribution < 1.29 is 39.3 Å². The van der Waals surface area contributed by atoms with E-state index in [2.05, 4.69) is 20.9 Å². The second-order valence-electron chi connectivity index (χ2n) is 9.58. The lowest BCUT2D eigenvalue weighted by molar-refractivity contribution is -0.143. The summed E-state index contributed by atoms with van der Waals surface area (Å²) in [6.07, 6.45) is -0.354. The molecule has 1 aromatic carbocycles. The number of carboxylic acids is 2. The fourth-order valence-corrected chi connectivity index (χ4v) is 3.84. The van der Waals surface area contributed by atoms with Crippen LogP contribution in [0.5, 0.6) is 0 Å². The summed E-state index contributed by atoms with van der Waals surface area (Å²) in [5.41, 5.74) is 7.04. The van der Waals surface area contributed by atoms with Crippen LogP contribution in [0, 0.1) is 5.92 Å². The van der Waals surface area contributed by atoms with Gasteiger partial charge in [0.1, 0.15) is 24.2 Å². The maximum atomic E-state index is 13.0. The number of aliphatic hydroxyl groups is 1. The predicted molar refractivity (Wildman–Crippen MR) is 137 cm³/mol. The molecule has 1 heterocycles. The van der Waals surface area contributed by atoms with Crippen LogP contribution in [-0.4, -0.2) is 80.2 Å². The molecule has 0 fully saturated rings. The zero-order valence-electron chi connectivity index (χ0n) is 21.4. The molecule has 3 amide bonds. The zero-order chi connectivity index (χ0) is 28.6. The molecule has 5 atom stereocenters. The van der Waals surface area contributed by atoms with Gasteiger partial charge in [-0.05, 0) is 30.9 Å². The highest BCUT2D eigenvalue weighted by Crippen LogP contribution is 2.19. The molecule has 0 saturated carbocycles. The Balaban J connectivity index is 2.19. The van der Waals surface area contributed by atoms with Crippen LogP contribution in [0.15, 0.2) is 30.5 Å². The number of aliphatic carboxylic acids is 2. The van der Waals surface area contributed by atoms with E-state index in [9.17, 15) is 39.3 Å². The lowest BCUT2D eigenvalue weighted by Crippen LogP contribution is -2.58. The maximum absolute atomic E-state index is 13.0. The fourth-order valence-electron chi connectivity index (χ4n) is 3.84. The molecule has 0 aliphatic rings. The third kappa shape index (κ3) is 8.56. The molecule has 38 heavy (non-hydrogen) atoms. The monoisotopic (exact) mass is 533 g/mol. The Kier molecular flexibility index (Phi) is 10.8. The van der Waals surface area contributed by atoms with Crippen molar-refractivity contribution in [3.63, 3.8) is 0 Å². The first-order valence-corrected chi connectivity index (χ1v) is 12.1. The van der Waals surface area contributed by atoms with E-state index < -0.39 is 66.4 Å². The Labute approximate surface area is 219 Å². The number of hydrogen-bond acceptors (Lipinski definition) is 7. The van der Waals surface area contributed by atoms with Crippen molar-refractivity contribution in [1.82, 2.24) is 20.9 Å². The van der Waals surface area contributed by atoms with Crippen LogP contribution in [0.3, 0.4) is 0 Å². The highest BCUT2D eigenvalue weighted by atomic mass is 16.4. The van der Waals surface area contributed by atoms with E-state index in [1.165, 1.54) is 6.92 Å². The predicted octanol–water partition coefficient (Wildman–Crippen LogP) is -0.522. The van der Waals surface area contributed by atoms with Crippen LogP contribution in [0.4, 0.5) is 0 Å². The number of nitrogens with two attached hydrogens (primary N) is 1. The van der Waals surface area contributed by atoms with Gasteiger partial charge in [0.05, 0.1) is 12.5 Å². The quantitative estimate of drug-likeness (QED) is 0.156. The van der Waals surface area contributed by atoms with Gasteiger partial charge in [0.25, 0.3) is 0 Å². The molecule has 0 radical (unpaired) electrons. The van der Waals surface area contributed by atoms with Crippen LogP contribution in [0.2, 0.25) is 0 Å². The first-order valence-electron chi connectivity index (χ1n) is 12.1. The molecule has 13 heteroatoms. The van der Waals surface area contributed by atoms with Gasteiger partial charge in [0.15, 0.2) is 0 Å². The maximum Gasteiger partial charge on any atom is 0.326 e. The average molecular weight is 534 g/mol. The fraction of sp³-hybridized carbons (Fsp3) is 0.480. The number of aliphatic hydroxyl groups excluding tert-OH is 1. The van der Waals surface area contributed by atoms with Crippen molar-refractivity contribution in [3.8, 4) is 0 Å². The first-order chi connectivity index (χ1) is 17.8. The minimum atomic E-state index is -1.62. The van der Waals surface area contributed by atoms with Crippen molar-refractivity contribution in [1.29, 1.82) is 0 Å². The minimum Gasteiger partial charge on any atom is -0.481 e. The average Bonchev–Trinajstić information content (AvgIpc) is 3.24. The van der Waals surface area contributed by atoms with Gasteiger partial charge in [-0.1, -0.05) is 32.0 Å². The number of hydrogen-bond donors (Lipinski definition) is 8. The van der Waals surface area contributed by atoms with Gasteiger partial charge in [-0.15, -0.1) is 0 Å². The van der Waals surface area contributed by atoms with Crippen LogP contribution >= 0.6 is 0 Å². The molecule has 5 unspecified atom stereocenters. The molecule has 2 aromatic rings. The SMILES string of the molecule is CC(C)CC(NC(=O)C(N)C(C)O)C(=O)NC(CC(=O)O)C(=O)NC(Cc1c[nH]c2ccccc12)C(=O)O. The third-order valence-electron chi connectivity index (χ3n) is 5.89. The Morgan fingerprint density at radius 3 is 2.05 bits per heavy atom. The van der Waals surface area contributed by atoms with E-state index in [1.54, 1.807) is 32.2 Å². The van der Waals surface area contributed by atoms with E-state index >= 15 is 0 Å². The molecule has 0 saturated heterocycles. The van der Waals surface area contributed by atoms with E-state index in [0.29, 0.717) is 5.56 Å². The Morgan fingerprint density at radius 2 is 1.47 bits per heavy atom. The summed E-state index contributed by atoms with van der Waals surface area (Å²) in [4.78, 5) is 64.7. The van der Waals surface area contributed by atoms with Gasteiger partial charge in [-0.25, -0.2) is 4.79 Å². The lowest BCUT2D eigenvalue weighted by atomic mass is 10.0. The second-order valence-corrected chi connectivity index (χ2v) is 9.58.